The average molecular weight is 480 g/mol. The molecule has 0 saturated carbocycles. The normalized spacial score (nSPS) is 11.8. The highest BCUT2D eigenvalue weighted by atomic mass is 79.9. The van der Waals surface area contributed by atoms with Crippen molar-refractivity contribution >= 4 is 63.6 Å². The maximum atomic E-state index is 12.4. The van der Waals surface area contributed by atoms with E-state index in [2.05, 4.69) is 31.9 Å². The van der Waals surface area contributed by atoms with E-state index in [1.165, 1.54) is 12.1 Å². The van der Waals surface area contributed by atoms with E-state index in [0.717, 1.165) is 11.3 Å². The van der Waals surface area contributed by atoms with Crippen LogP contribution in [0.5, 0.6) is 5.75 Å². The quantitative estimate of drug-likeness (QED) is 0.518. The minimum Gasteiger partial charge on any atom is -0.414 e. The average Bonchev–Trinajstić information content (AvgIpc) is 2.92. The molecular formula is C14H8Br2O5S2. The van der Waals surface area contributed by atoms with Gasteiger partial charge in [-0.1, -0.05) is 29.5 Å². The minimum atomic E-state index is -4.00. The van der Waals surface area contributed by atoms with Gasteiger partial charge >= 0.3 is 15.1 Å². The van der Waals surface area contributed by atoms with Gasteiger partial charge in [-0.25, -0.2) is 4.79 Å². The second kappa shape index (κ2) is 6.04. The third kappa shape index (κ3) is 2.98. The minimum absolute atomic E-state index is 0.0388. The number of hydrogen-bond acceptors (Lipinski definition) is 6. The van der Waals surface area contributed by atoms with Gasteiger partial charge in [-0.15, -0.1) is 0 Å². The molecule has 0 N–H and O–H groups in total. The summed E-state index contributed by atoms with van der Waals surface area (Å²) in [4.78, 5) is 11.0. The molecule has 0 spiro atoms. The SMILES string of the molecule is Cc1c(Br)c(OS(=O)(=O)c2ccccc2)c(Br)c2sc(=O)oc12. The molecule has 9 heteroatoms. The maximum absolute atomic E-state index is 12.4. The lowest BCUT2D eigenvalue weighted by Crippen LogP contribution is -2.10. The Morgan fingerprint density at radius 3 is 2.43 bits per heavy atom. The Morgan fingerprint density at radius 2 is 1.78 bits per heavy atom. The fourth-order valence-corrected chi connectivity index (χ4v) is 5.33. The first kappa shape index (κ1) is 16.7. The van der Waals surface area contributed by atoms with Gasteiger partial charge in [0.2, 0.25) is 0 Å². The third-order valence-corrected chi connectivity index (χ3v) is 7.12. The lowest BCUT2D eigenvalue weighted by Gasteiger charge is -2.12. The van der Waals surface area contributed by atoms with Gasteiger partial charge in [0.1, 0.15) is 4.90 Å². The molecule has 0 aliphatic heterocycles. The first-order valence-corrected chi connectivity index (χ1v) is 10.0. The van der Waals surface area contributed by atoms with E-state index in [-0.39, 0.29) is 10.6 Å². The van der Waals surface area contributed by atoms with Crippen LogP contribution in [0.25, 0.3) is 10.3 Å². The van der Waals surface area contributed by atoms with Crippen LogP contribution in [0.2, 0.25) is 0 Å². The monoisotopic (exact) mass is 478 g/mol. The number of hydrogen-bond donors (Lipinski definition) is 0. The van der Waals surface area contributed by atoms with Crippen molar-refractivity contribution in [2.24, 2.45) is 0 Å². The topological polar surface area (TPSA) is 73.6 Å². The van der Waals surface area contributed by atoms with Gasteiger partial charge in [0.25, 0.3) is 0 Å². The molecule has 1 aromatic heterocycles. The molecule has 0 bridgehead atoms. The highest BCUT2D eigenvalue weighted by molar-refractivity contribution is 9.11. The fraction of sp³-hybridized carbons (Fsp3) is 0.0714. The van der Waals surface area contributed by atoms with Crippen molar-refractivity contribution in [2.75, 3.05) is 0 Å². The summed E-state index contributed by atoms with van der Waals surface area (Å²) >= 11 is 7.48. The van der Waals surface area contributed by atoms with Gasteiger partial charge in [0.15, 0.2) is 11.3 Å². The summed E-state index contributed by atoms with van der Waals surface area (Å²) in [5, 5.41) is 0. The van der Waals surface area contributed by atoms with Crippen LogP contribution in [-0.4, -0.2) is 8.42 Å². The fourth-order valence-electron chi connectivity index (χ4n) is 1.96. The van der Waals surface area contributed by atoms with Gasteiger partial charge in [0, 0.05) is 5.56 Å². The van der Waals surface area contributed by atoms with Crippen molar-refractivity contribution in [3.63, 3.8) is 0 Å². The summed E-state index contributed by atoms with van der Waals surface area (Å²) in [6.07, 6.45) is 0. The predicted octanol–water partition coefficient (Wildman–Crippen LogP) is 4.46. The molecule has 0 amide bonds. The van der Waals surface area contributed by atoms with Crippen LogP contribution in [0.4, 0.5) is 0 Å². The lowest BCUT2D eigenvalue weighted by atomic mass is 10.2. The van der Waals surface area contributed by atoms with Crippen LogP contribution in [0.3, 0.4) is 0 Å². The second-order valence-electron chi connectivity index (χ2n) is 4.54. The highest BCUT2D eigenvalue weighted by Gasteiger charge is 2.25. The van der Waals surface area contributed by atoms with Gasteiger partial charge < -0.3 is 8.60 Å². The van der Waals surface area contributed by atoms with E-state index in [9.17, 15) is 13.2 Å². The molecule has 0 fully saturated rings. The number of rotatable bonds is 3. The Labute approximate surface area is 152 Å². The number of benzene rings is 2. The molecule has 1 heterocycles. The Hall–Kier alpha value is -1.16. The molecule has 0 unspecified atom stereocenters. The van der Waals surface area contributed by atoms with Crippen molar-refractivity contribution in [3.8, 4) is 5.75 Å². The van der Waals surface area contributed by atoms with Gasteiger partial charge in [0.05, 0.1) is 13.6 Å². The van der Waals surface area contributed by atoms with Gasteiger partial charge in [-0.3, -0.25) is 0 Å². The van der Waals surface area contributed by atoms with Crippen molar-refractivity contribution in [1.82, 2.24) is 0 Å². The summed E-state index contributed by atoms with van der Waals surface area (Å²) in [7, 11) is -4.00. The maximum Gasteiger partial charge on any atom is 0.396 e. The van der Waals surface area contributed by atoms with E-state index in [4.69, 9.17) is 8.60 Å². The molecule has 0 radical (unpaired) electrons. The molecule has 0 aliphatic rings. The van der Waals surface area contributed by atoms with Crippen LogP contribution in [0, 0.1) is 6.92 Å². The number of aryl methyl sites for hydroxylation is 1. The third-order valence-electron chi connectivity index (χ3n) is 3.07. The molecule has 3 rings (SSSR count). The lowest BCUT2D eigenvalue weighted by molar-refractivity contribution is 0.483. The van der Waals surface area contributed by atoms with Crippen LogP contribution in [0.1, 0.15) is 5.56 Å². The summed E-state index contributed by atoms with van der Waals surface area (Å²) in [5.41, 5.74) is 0.975. The van der Waals surface area contributed by atoms with Crippen molar-refractivity contribution in [2.45, 2.75) is 11.8 Å². The van der Waals surface area contributed by atoms with E-state index < -0.39 is 15.1 Å². The van der Waals surface area contributed by atoms with E-state index in [1.807, 2.05) is 0 Å². The summed E-state index contributed by atoms with van der Waals surface area (Å²) in [6.45, 7) is 1.70. The molecule has 0 atom stereocenters. The molecule has 3 aromatic rings. The van der Waals surface area contributed by atoms with E-state index in [0.29, 0.717) is 24.8 Å². The molecule has 0 saturated heterocycles. The summed E-state index contributed by atoms with van der Waals surface area (Å²) in [5.74, 6) is 0.0795. The molecule has 2 aromatic carbocycles. The van der Waals surface area contributed by atoms with Crippen LogP contribution in [0.15, 0.2) is 53.4 Å². The molecule has 120 valence electrons. The summed E-state index contributed by atoms with van der Waals surface area (Å²) in [6, 6.07) is 7.81. The number of halogens is 2. The summed E-state index contributed by atoms with van der Waals surface area (Å²) < 4.78 is 36.5. The highest BCUT2D eigenvalue weighted by Crippen LogP contribution is 2.44. The van der Waals surface area contributed by atoms with E-state index >= 15 is 0 Å². The Kier molecular flexibility index (Phi) is 4.39. The van der Waals surface area contributed by atoms with Crippen LogP contribution >= 0.6 is 43.2 Å². The first-order valence-electron chi connectivity index (χ1n) is 6.22. The van der Waals surface area contributed by atoms with Crippen LogP contribution in [-0.2, 0) is 10.1 Å². The smallest absolute Gasteiger partial charge is 0.396 e. The largest absolute Gasteiger partial charge is 0.414 e. The molecule has 0 aliphatic carbocycles. The molecular weight excluding hydrogens is 472 g/mol. The van der Waals surface area contributed by atoms with Crippen molar-refractivity contribution < 1.29 is 17.0 Å². The Balaban J connectivity index is 2.19. The Morgan fingerprint density at radius 1 is 1.13 bits per heavy atom. The van der Waals surface area contributed by atoms with Crippen LogP contribution < -0.4 is 9.12 Å². The molecule has 23 heavy (non-hydrogen) atoms. The zero-order chi connectivity index (χ0) is 16.8. The standard InChI is InChI=1S/C14H8Br2O5S2/c1-7-9(15)12(10(16)13-11(7)20-14(17)22-13)21-23(18,19)8-5-3-2-4-6-8/h2-6H,1H3. The zero-order valence-electron chi connectivity index (χ0n) is 11.5. The van der Waals surface area contributed by atoms with Crippen molar-refractivity contribution in [3.05, 3.63) is 54.6 Å². The first-order chi connectivity index (χ1) is 10.8. The predicted molar refractivity (Wildman–Crippen MR) is 94.8 cm³/mol. The zero-order valence-corrected chi connectivity index (χ0v) is 16.3. The van der Waals surface area contributed by atoms with Gasteiger partial charge in [-0.2, -0.15) is 8.42 Å². The van der Waals surface area contributed by atoms with Crippen molar-refractivity contribution in [1.29, 1.82) is 0 Å². The Bertz CT molecular complexity index is 1050. The van der Waals surface area contributed by atoms with Gasteiger partial charge in [-0.05, 0) is 50.9 Å². The second-order valence-corrected chi connectivity index (χ2v) is 8.62. The van der Waals surface area contributed by atoms with E-state index in [1.54, 1.807) is 25.1 Å². The number of fused-ring (bicyclic) bond motifs is 1. The molecule has 5 nitrogen and oxygen atoms in total.